The third-order valence-corrected chi connectivity index (χ3v) is 2.16. The van der Waals surface area contributed by atoms with Crippen LogP contribution in [-0.2, 0) is 6.54 Å². The van der Waals surface area contributed by atoms with Crippen LogP contribution in [0.5, 0.6) is 0 Å². The van der Waals surface area contributed by atoms with Crippen LogP contribution in [-0.4, -0.2) is 29.2 Å². The number of nitrogens with zero attached hydrogens (tertiary/aromatic N) is 1. The van der Waals surface area contributed by atoms with Gasteiger partial charge in [-0.15, -0.1) is 6.58 Å². The lowest BCUT2D eigenvalue weighted by Gasteiger charge is -2.22. The molecule has 82 valence electrons. The van der Waals surface area contributed by atoms with Gasteiger partial charge in [0.2, 0.25) is 0 Å². The molecule has 0 bridgehead atoms. The van der Waals surface area contributed by atoms with Crippen LogP contribution < -0.4 is 0 Å². The first-order valence-corrected chi connectivity index (χ1v) is 5.27. The lowest BCUT2D eigenvalue weighted by Crippen LogP contribution is -2.30. The number of hydrogen-bond acceptors (Lipinski definition) is 2. The van der Waals surface area contributed by atoms with E-state index >= 15 is 0 Å². The molecule has 0 heterocycles. The number of aliphatic hydroxyl groups is 1. The van der Waals surface area contributed by atoms with E-state index in [0.29, 0.717) is 6.54 Å². The molecule has 0 aliphatic rings. The molecular formula is C13H19NO. The molecule has 0 amide bonds. The Balaban J connectivity index is 2.54. The first-order chi connectivity index (χ1) is 7.22. The molecule has 0 saturated carbocycles. The van der Waals surface area contributed by atoms with Crippen molar-refractivity contribution in [3.63, 3.8) is 0 Å². The van der Waals surface area contributed by atoms with Crippen molar-refractivity contribution in [1.82, 2.24) is 4.90 Å². The highest BCUT2D eigenvalue weighted by Crippen LogP contribution is 2.04. The fourth-order valence-electron chi connectivity index (χ4n) is 1.60. The van der Waals surface area contributed by atoms with Gasteiger partial charge in [-0.2, -0.15) is 0 Å². The summed E-state index contributed by atoms with van der Waals surface area (Å²) in [6.07, 6.45) is 1.57. The monoisotopic (exact) mass is 205 g/mol. The van der Waals surface area contributed by atoms with Crippen molar-refractivity contribution in [2.75, 3.05) is 13.1 Å². The zero-order valence-electron chi connectivity index (χ0n) is 9.26. The van der Waals surface area contributed by atoms with Crippen molar-refractivity contribution >= 4 is 0 Å². The van der Waals surface area contributed by atoms with Crippen molar-refractivity contribution in [3.05, 3.63) is 48.6 Å². The first-order valence-electron chi connectivity index (χ1n) is 5.27. The molecule has 1 atom stereocenters. The normalized spacial score (nSPS) is 12.7. The summed E-state index contributed by atoms with van der Waals surface area (Å²) in [5, 5.41) is 9.35. The van der Waals surface area contributed by atoms with Crippen molar-refractivity contribution in [2.24, 2.45) is 0 Å². The summed E-state index contributed by atoms with van der Waals surface area (Å²) >= 11 is 0. The van der Waals surface area contributed by atoms with Gasteiger partial charge >= 0.3 is 0 Å². The Morgan fingerprint density at radius 1 is 1.40 bits per heavy atom. The summed E-state index contributed by atoms with van der Waals surface area (Å²) < 4.78 is 0. The molecule has 0 aromatic heterocycles. The lowest BCUT2D eigenvalue weighted by atomic mass is 10.2. The Labute approximate surface area is 91.9 Å². The predicted octanol–water partition coefficient (Wildman–Crippen LogP) is 2.06. The molecule has 15 heavy (non-hydrogen) atoms. The molecule has 1 N–H and O–H groups in total. The van der Waals surface area contributed by atoms with Gasteiger partial charge in [0.15, 0.2) is 0 Å². The average Bonchev–Trinajstić information content (AvgIpc) is 2.18. The maximum atomic E-state index is 9.35. The van der Waals surface area contributed by atoms with Gasteiger partial charge in [-0.3, -0.25) is 4.90 Å². The maximum absolute atomic E-state index is 9.35. The molecule has 0 spiro atoms. The molecule has 0 fully saturated rings. The topological polar surface area (TPSA) is 23.5 Å². The quantitative estimate of drug-likeness (QED) is 0.718. The lowest BCUT2D eigenvalue weighted by molar-refractivity contribution is 0.130. The van der Waals surface area contributed by atoms with Crippen LogP contribution in [0.4, 0.5) is 0 Å². The van der Waals surface area contributed by atoms with Crippen LogP contribution in [0.3, 0.4) is 0 Å². The summed E-state index contributed by atoms with van der Waals surface area (Å²) in [4.78, 5) is 2.17. The Morgan fingerprint density at radius 3 is 2.60 bits per heavy atom. The maximum Gasteiger partial charge on any atom is 0.0639 e. The molecule has 1 rings (SSSR count). The molecule has 0 aliphatic carbocycles. The van der Waals surface area contributed by atoms with Crippen LogP contribution in [0.2, 0.25) is 0 Å². The Hall–Kier alpha value is -1.12. The van der Waals surface area contributed by atoms with E-state index in [1.165, 1.54) is 5.56 Å². The third kappa shape index (κ3) is 4.77. The molecule has 0 radical (unpaired) electrons. The van der Waals surface area contributed by atoms with Crippen molar-refractivity contribution in [2.45, 2.75) is 19.6 Å². The van der Waals surface area contributed by atoms with Crippen LogP contribution >= 0.6 is 0 Å². The summed E-state index contributed by atoms with van der Waals surface area (Å²) in [6, 6.07) is 10.3. The smallest absolute Gasteiger partial charge is 0.0639 e. The molecule has 1 aromatic carbocycles. The van der Waals surface area contributed by atoms with E-state index in [0.717, 1.165) is 13.1 Å². The first kappa shape index (κ1) is 12.0. The van der Waals surface area contributed by atoms with Gasteiger partial charge in [-0.1, -0.05) is 36.4 Å². The van der Waals surface area contributed by atoms with E-state index in [1.807, 2.05) is 24.3 Å². The zero-order chi connectivity index (χ0) is 11.1. The summed E-state index contributed by atoms with van der Waals surface area (Å²) in [6.45, 7) is 7.88. The van der Waals surface area contributed by atoms with Crippen molar-refractivity contribution < 1.29 is 5.11 Å². The van der Waals surface area contributed by atoms with E-state index in [1.54, 1.807) is 6.92 Å². The number of rotatable bonds is 6. The van der Waals surface area contributed by atoms with Gasteiger partial charge in [-0.25, -0.2) is 0 Å². The average molecular weight is 205 g/mol. The Bertz CT molecular complexity index is 282. The second kappa shape index (κ2) is 6.38. The van der Waals surface area contributed by atoms with E-state index in [-0.39, 0.29) is 6.10 Å². The Kier molecular flexibility index (Phi) is 5.08. The number of benzene rings is 1. The van der Waals surface area contributed by atoms with Gasteiger partial charge in [0.25, 0.3) is 0 Å². The van der Waals surface area contributed by atoms with Crippen LogP contribution in [0.1, 0.15) is 12.5 Å². The fraction of sp³-hybridized carbons (Fsp3) is 0.385. The molecular weight excluding hydrogens is 186 g/mol. The molecule has 0 saturated heterocycles. The van der Waals surface area contributed by atoms with Crippen molar-refractivity contribution in [1.29, 1.82) is 0 Å². The molecule has 0 aliphatic heterocycles. The second-order valence-electron chi connectivity index (χ2n) is 3.82. The largest absolute Gasteiger partial charge is 0.392 e. The fourth-order valence-corrected chi connectivity index (χ4v) is 1.60. The molecule has 2 nitrogen and oxygen atoms in total. The number of hydrogen-bond donors (Lipinski definition) is 1. The Morgan fingerprint density at radius 2 is 2.07 bits per heavy atom. The van der Waals surface area contributed by atoms with Gasteiger partial charge < -0.3 is 5.11 Å². The second-order valence-corrected chi connectivity index (χ2v) is 3.82. The van der Waals surface area contributed by atoms with Gasteiger partial charge in [0.1, 0.15) is 0 Å². The SMILES string of the molecule is C=CCN(Cc1ccccc1)CC(C)O. The minimum absolute atomic E-state index is 0.298. The summed E-state index contributed by atoms with van der Waals surface area (Å²) in [5.41, 5.74) is 1.26. The van der Waals surface area contributed by atoms with Crippen LogP contribution in [0.15, 0.2) is 43.0 Å². The van der Waals surface area contributed by atoms with Crippen LogP contribution in [0.25, 0.3) is 0 Å². The van der Waals surface area contributed by atoms with Crippen LogP contribution in [0, 0.1) is 0 Å². The standard InChI is InChI=1S/C13H19NO/c1-3-9-14(10-12(2)15)11-13-7-5-4-6-8-13/h3-8,12,15H,1,9-11H2,2H3. The minimum atomic E-state index is -0.298. The highest BCUT2D eigenvalue weighted by Gasteiger charge is 2.06. The minimum Gasteiger partial charge on any atom is -0.392 e. The van der Waals surface area contributed by atoms with Gasteiger partial charge in [-0.05, 0) is 12.5 Å². The van der Waals surface area contributed by atoms with E-state index in [9.17, 15) is 5.11 Å². The van der Waals surface area contributed by atoms with E-state index < -0.39 is 0 Å². The van der Waals surface area contributed by atoms with E-state index in [4.69, 9.17) is 0 Å². The summed E-state index contributed by atoms with van der Waals surface area (Å²) in [7, 11) is 0. The molecule has 1 unspecified atom stereocenters. The number of aliphatic hydroxyl groups excluding tert-OH is 1. The van der Waals surface area contributed by atoms with E-state index in [2.05, 4.69) is 23.6 Å². The third-order valence-electron chi connectivity index (χ3n) is 2.16. The molecule has 2 heteroatoms. The highest BCUT2D eigenvalue weighted by atomic mass is 16.3. The highest BCUT2D eigenvalue weighted by molar-refractivity contribution is 5.14. The summed E-state index contributed by atoms with van der Waals surface area (Å²) in [5.74, 6) is 0. The zero-order valence-corrected chi connectivity index (χ0v) is 9.26. The predicted molar refractivity (Wildman–Crippen MR) is 63.6 cm³/mol. The molecule has 1 aromatic rings. The van der Waals surface area contributed by atoms with Crippen molar-refractivity contribution in [3.8, 4) is 0 Å². The van der Waals surface area contributed by atoms with Gasteiger partial charge in [0, 0.05) is 19.6 Å². The van der Waals surface area contributed by atoms with Gasteiger partial charge in [0.05, 0.1) is 6.10 Å².